The minimum absolute atomic E-state index is 0.0145. The second kappa shape index (κ2) is 7.53. The second-order valence-corrected chi connectivity index (χ2v) is 10.1. The van der Waals surface area contributed by atoms with Crippen LogP contribution in [0.15, 0.2) is 23.1 Å². The number of nitrogens with zero attached hydrogens (tertiary/aromatic N) is 1. The molecule has 1 atom stereocenters. The third-order valence-electron chi connectivity index (χ3n) is 6.27. The lowest BCUT2D eigenvalue weighted by atomic mass is 9.97. The van der Waals surface area contributed by atoms with E-state index in [2.05, 4.69) is 5.32 Å². The summed E-state index contributed by atoms with van der Waals surface area (Å²) in [6.45, 7) is 1.31. The molecule has 2 aliphatic carbocycles. The summed E-state index contributed by atoms with van der Waals surface area (Å²) in [5, 5.41) is 2.96. The van der Waals surface area contributed by atoms with Crippen molar-refractivity contribution in [1.29, 1.82) is 0 Å². The van der Waals surface area contributed by atoms with Crippen molar-refractivity contribution >= 4 is 15.9 Å². The van der Waals surface area contributed by atoms with Gasteiger partial charge >= 0.3 is 0 Å². The Hall–Kier alpha value is -1.44. The Morgan fingerprint density at radius 2 is 1.85 bits per heavy atom. The van der Waals surface area contributed by atoms with Crippen LogP contribution in [0.25, 0.3) is 0 Å². The lowest BCUT2D eigenvalue weighted by Crippen LogP contribution is -2.45. The summed E-state index contributed by atoms with van der Waals surface area (Å²) in [6.07, 6.45) is 6.56. The molecule has 0 bridgehead atoms. The van der Waals surface area contributed by atoms with Crippen LogP contribution < -0.4 is 11.1 Å². The van der Waals surface area contributed by atoms with Crippen LogP contribution in [0.5, 0.6) is 0 Å². The van der Waals surface area contributed by atoms with E-state index in [9.17, 15) is 13.2 Å². The van der Waals surface area contributed by atoms with E-state index in [0.29, 0.717) is 43.3 Å². The summed E-state index contributed by atoms with van der Waals surface area (Å²) >= 11 is 0. The molecule has 0 radical (unpaired) electrons. The average Bonchev–Trinajstić information content (AvgIpc) is 3.43. The number of fused-ring (bicyclic) bond motifs is 1. The van der Waals surface area contributed by atoms with Crippen LogP contribution in [-0.2, 0) is 27.7 Å². The van der Waals surface area contributed by atoms with E-state index < -0.39 is 10.0 Å². The molecule has 2 fully saturated rings. The quantitative estimate of drug-likeness (QED) is 0.767. The normalized spacial score (nSPS) is 22.4. The first-order valence-electron chi connectivity index (χ1n) is 10.1. The number of aryl methyl sites for hydroxylation is 2. The van der Waals surface area contributed by atoms with Gasteiger partial charge in [0.25, 0.3) is 0 Å². The van der Waals surface area contributed by atoms with Gasteiger partial charge < -0.3 is 11.1 Å². The highest BCUT2D eigenvalue weighted by molar-refractivity contribution is 7.89. The van der Waals surface area contributed by atoms with Crippen LogP contribution >= 0.6 is 0 Å². The molecule has 1 heterocycles. The summed E-state index contributed by atoms with van der Waals surface area (Å²) in [5.74, 6) is 0.452. The standard InChI is InChI=1S/C20H29N3O3S/c21-19(15-4-5-15)13-22-20(24)16-8-10-23(11-9-16)27(25,26)18-7-6-14-2-1-3-17(14)12-18/h6-7,12,15-16,19H,1-5,8-11,13,21H2,(H,22,24). The number of nitrogens with two attached hydrogens (primary N) is 1. The van der Waals surface area contributed by atoms with Crippen molar-refractivity contribution in [3.8, 4) is 0 Å². The number of hydrogen-bond donors (Lipinski definition) is 2. The number of rotatable bonds is 6. The van der Waals surface area contributed by atoms with Crippen molar-refractivity contribution in [2.45, 2.75) is 55.9 Å². The van der Waals surface area contributed by atoms with Crippen LogP contribution in [0.2, 0.25) is 0 Å². The lowest BCUT2D eigenvalue weighted by Gasteiger charge is -2.31. The SMILES string of the molecule is NC(CNC(=O)C1CCN(S(=O)(=O)c2ccc3c(c2)CCC3)CC1)C1CC1. The number of piperidine rings is 1. The highest BCUT2D eigenvalue weighted by atomic mass is 32.2. The largest absolute Gasteiger partial charge is 0.354 e. The number of carbonyl (C=O) groups excluding carboxylic acids is 1. The topological polar surface area (TPSA) is 92.5 Å². The smallest absolute Gasteiger partial charge is 0.243 e. The molecule has 1 aliphatic heterocycles. The fourth-order valence-electron chi connectivity index (χ4n) is 4.27. The molecule has 0 spiro atoms. The minimum atomic E-state index is -3.48. The van der Waals surface area contributed by atoms with Crippen LogP contribution in [0.4, 0.5) is 0 Å². The van der Waals surface area contributed by atoms with Gasteiger partial charge in [0, 0.05) is 31.6 Å². The summed E-state index contributed by atoms with van der Waals surface area (Å²) < 4.78 is 27.5. The Morgan fingerprint density at radius 3 is 2.56 bits per heavy atom. The molecule has 1 saturated carbocycles. The van der Waals surface area contributed by atoms with Gasteiger partial charge in [0.1, 0.15) is 0 Å². The van der Waals surface area contributed by atoms with Crippen molar-refractivity contribution in [2.75, 3.05) is 19.6 Å². The monoisotopic (exact) mass is 391 g/mol. The van der Waals surface area contributed by atoms with Gasteiger partial charge in [-0.05, 0) is 74.1 Å². The van der Waals surface area contributed by atoms with Gasteiger partial charge in [-0.25, -0.2) is 8.42 Å². The first-order chi connectivity index (χ1) is 12.9. The molecule has 1 saturated heterocycles. The molecule has 3 N–H and O–H groups in total. The van der Waals surface area contributed by atoms with Crippen LogP contribution in [0, 0.1) is 11.8 Å². The van der Waals surface area contributed by atoms with Gasteiger partial charge in [-0.3, -0.25) is 4.79 Å². The Morgan fingerprint density at radius 1 is 1.15 bits per heavy atom. The molecule has 7 heteroatoms. The van der Waals surface area contributed by atoms with Gasteiger partial charge in [0.05, 0.1) is 4.90 Å². The van der Waals surface area contributed by atoms with E-state index in [0.717, 1.165) is 37.7 Å². The van der Waals surface area contributed by atoms with E-state index in [1.165, 1.54) is 9.87 Å². The number of hydrogen-bond acceptors (Lipinski definition) is 4. The second-order valence-electron chi connectivity index (χ2n) is 8.21. The maximum Gasteiger partial charge on any atom is 0.243 e. The molecule has 148 valence electrons. The van der Waals surface area contributed by atoms with E-state index in [1.54, 1.807) is 6.07 Å². The molecular formula is C20H29N3O3S. The maximum absolute atomic E-state index is 13.0. The molecule has 4 rings (SSSR count). The van der Waals surface area contributed by atoms with Crippen molar-refractivity contribution in [2.24, 2.45) is 17.6 Å². The van der Waals surface area contributed by atoms with Gasteiger partial charge in [-0.1, -0.05) is 6.07 Å². The number of benzene rings is 1. The third kappa shape index (κ3) is 4.05. The number of carbonyl (C=O) groups is 1. The maximum atomic E-state index is 13.0. The number of sulfonamides is 1. The first-order valence-corrected chi connectivity index (χ1v) is 11.5. The highest BCUT2D eigenvalue weighted by Gasteiger charge is 2.33. The Kier molecular flexibility index (Phi) is 5.27. The molecule has 1 aromatic carbocycles. The Labute approximate surface area is 161 Å². The summed E-state index contributed by atoms with van der Waals surface area (Å²) in [4.78, 5) is 12.8. The Balaban J connectivity index is 1.33. The van der Waals surface area contributed by atoms with E-state index in [1.807, 2.05) is 12.1 Å². The first kappa shape index (κ1) is 18.9. The van der Waals surface area contributed by atoms with E-state index >= 15 is 0 Å². The van der Waals surface area contributed by atoms with Crippen molar-refractivity contribution < 1.29 is 13.2 Å². The minimum Gasteiger partial charge on any atom is -0.354 e. The van der Waals surface area contributed by atoms with Crippen LogP contribution in [0.3, 0.4) is 0 Å². The predicted molar refractivity (Wildman–Crippen MR) is 104 cm³/mol. The van der Waals surface area contributed by atoms with Gasteiger partial charge in [0.2, 0.25) is 15.9 Å². The average molecular weight is 392 g/mol. The van der Waals surface area contributed by atoms with Crippen molar-refractivity contribution in [1.82, 2.24) is 9.62 Å². The molecule has 27 heavy (non-hydrogen) atoms. The van der Waals surface area contributed by atoms with Crippen LogP contribution in [-0.4, -0.2) is 44.3 Å². The molecule has 0 aromatic heterocycles. The highest BCUT2D eigenvalue weighted by Crippen LogP contribution is 2.31. The lowest BCUT2D eigenvalue weighted by molar-refractivity contribution is -0.126. The molecule has 1 aromatic rings. The van der Waals surface area contributed by atoms with Crippen molar-refractivity contribution in [3.05, 3.63) is 29.3 Å². The van der Waals surface area contributed by atoms with Gasteiger partial charge in [-0.2, -0.15) is 4.31 Å². The van der Waals surface area contributed by atoms with E-state index in [4.69, 9.17) is 5.73 Å². The fourth-order valence-corrected chi connectivity index (χ4v) is 5.79. The zero-order chi connectivity index (χ0) is 19.0. The van der Waals surface area contributed by atoms with Gasteiger partial charge in [0.15, 0.2) is 0 Å². The Bertz CT molecular complexity index is 812. The fraction of sp³-hybridized carbons (Fsp3) is 0.650. The zero-order valence-electron chi connectivity index (χ0n) is 15.7. The predicted octanol–water partition coefficient (Wildman–Crippen LogP) is 1.43. The number of nitrogens with one attached hydrogen (secondary N) is 1. The number of amides is 1. The third-order valence-corrected chi connectivity index (χ3v) is 8.17. The molecule has 1 unspecified atom stereocenters. The molecular weight excluding hydrogens is 362 g/mol. The summed E-state index contributed by atoms with van der Waals surface area (Å²) in [5.41, 5.74) is 8.47. The van der Waals surface area contributed by atoms with Gasteiger partial charge in [-0.15, -0.1) is 0 Å². The summed E-state index contributed by atoms with van der Waals surface area (Å²) in [6, 6.07) is 5.58. The van der Waals surface area contributed by atoms with Crippen molar-refractivity contribution in [3.63, 3.8) is 0 Å². The van der Waals surface area contributed by atoms with Crippen LogP contribution in [0.1, 0.15) is 43.2 Å². The molecule has 3 aliphatic rings. The summed E-state index contributed by atoms with van der Waals surface area (Å²) in [7, 11) is -3.48. The molecule has 1 amide bonds. The van der Waals surface area contributed by atoms with E-state index in [-0.39, 0.29) is 17.9 Å². The molecule has 6 nitrogen and oxygen atoms in total. The zero-order valence-corrected chi connectivity index (χ0v) is 16.5.